The number of hydrogen-bond acceptors (Lipinski definition) is 6. The molecule has 1 aromatic carbocycles. The van der Waals surface area contributed by atoms with Crippen LogP contribution in [0.4, 0.5) is 5.69 Å². The molecule has 1 amide bonds. The summed E-state index contributed by atoms with van der Waals surface area (Å²) in [5, 5.41) is 22.6. The number of nitrogens with zero attached hydrogens (tertiary/aromatic N) is 1. The Morgan fingerprint density at radius 2 is 2.12 bits per heavy atom. The quantitative estimate of drug-likeness (QED) is 0.514. The molecule has 0 aliphatic heterocycles. The topological polar surface area (TPSA) is 119 Å². The Hall–Kier alpha value is -2.29. The minimum absolute atomic E-state index is 0.0582. The number of nitrogens with one attached hydrogen (secondary N) is 1. The molecule has 0 aliphatic carbocycles. The second-order valence-electron chi connectivity index (χ2n) is 5.30. The third-order valence-electron chi connectivity index (χ3n) is 3.54. The Balaban J connectivity index is 2.62. The van der Waals surface area contributed by atoms with Crippen molar-refractivity contribution in [1.82, 2.24) is 5.32 Å². The van der Waals surface area contributed by atoms with E-state index in [1.54, 1.807) is 13.0 Å². The number of ether oxygens (including phenoxy) is 1. The normalized spacial score (nSPS) is 13.0. The lowest BCUT2D eigenvalue weighted by molar-refractivity contribution is -0.385. The zero-order valence-corrected chi connectivity index (χ0v) is 14.5. The van der Waals surface area contributed by atoms with Gasteiger partial charge in [0.15, 0.2) is 5.75 Å². The van der Waals surface area contributed by atoms with Crippen molar-refractivity contribution in [2.75, 3.05) is 12.9 Å². The van der Waals surface area contributed by atoms with E-state index in [4.69, 9.17) is 9.84 Å². The molecule has 132 valence electrons. The minimum atomic E-state index is -1.30. The van der Waals surface area contributed by atoms with Crippen LogP contribution in [0.1, 0.15) is 25.8 Å². The Labute approximate surface area is 143 Å². The van der Waals surface area contributed by atoms with Gasteiger partial charge in [-0.2, -0.15) is 0 Å². The fraction of sp³-hybridized carbons (Fsp3) is 0.467. The van der Waals surface area contributed by atoms with E-state index in [0.29, 0.717) is 11.3 Å². The number of carbonyl (C=O) groups is 2. The molecule has 0 radical (unpaired) electrons. The van der Waals surface area contributed by atoms with Gasteiger partial charge in [0.25, 0.3) is 0 Å². The number of benzene rings is 1. The van der Waals surface area contributed by atoms with Crippen LogP contribution in [0.15, 0.2) is 18.2 Å². The van der Waals surface area contributed by atoms with Crippen molar-refractivity contribution in [2.45, 2.75) is 31.6 Å². The number of carbonyl (C=O) groups excluding carboxylic acids is 1. The Kier molecular flexibility index (Phi) is 7.02. The predicted octanol–water partition coefficient (Wildman–Crippen LogP) is 2.21. The van der Waals surface area contributed by atoms with Crippen LogP contribution in [0.5, 0.6) is 5.75 Å². The van der Waals surface area contributed by atoms with Crippen molar-refractivity contribution < 1.29 is 24.4 Å². The number of thioether (sulfide) groups is 1. The lowest BCUT2D eigenvalue weighted by Gasteiger charge is -2.24. The van der Waals surface area contributed by atoms with Crippen molar-refractivity contribution in [3.05, 3.63) is 33.9 Å². The van der Waals surface area contributed by atoms with Gasteiger partial charge in [0.1, 0.15) is 5.54 Å². The number of carboxylic acids is 1. The molecule has 0 spiro atoms. The molecule has 0 saturated carbocycles. The third kappa shape index (κ3) is 5.12. The van der Waals surface area contributed by atoms with Gasteiger partial charge >= 0.3 is 11.7 Å². The summed E-state index contributed by atoms with van der Waals surface area (Å²) in [5.41, 5.74) is -0.752. The summed E-state index contributed by atoms with van der Waals surface area (Å²) in [6.07, 6.45) is 0.267. The van der Waals surface area contributed by atoms with Crippen molar-refractivity contribution >= 4 is 29.3 Å². The molecule has 0 aliphatic rings. The van der Waals surface area contributed by atoms with Crippen LogP contribution in [0.2, 0.25) is 0 Å². The first kappa shape index (κ1) is 19.8. The van der Waals surface area contributed by atoms with E-state index in [0.717, 1.165) is 0 Å². The zero-order valence-electron chi connectivity index (χ0n) is 13.7. The number of carboxylic acid groups (broad SMARTS) is 1. The molecular weight excluding hydrogens is 336 g/mol. The first-order chi connectivity index (χ1) is 11.2. The highest BCUT2D eigenvalue weighted by atomic mass is 32.2. The van der Waals surface area contributed by atoms with Gasteiger partial charge in [0.05, 0.1) is 17.8 Å². The molecule has 9 heteroatoms. The number of nitro groups is 1. The molecular formula is C15H20N2O6S. The van der Waals surface area contributed by atoms with Crippen LogP contribution in [-0.2, 0) is 15.3 Å². The number of aliphatic carboxylic acids is 1. The summed E-state index contributed by atoms with van der Waals surface area (Å²) in [6, 6.07) is 4.59. The number of nitro benzene ring substituents is 1. The summed E-state index contributed by atoms with van der Waals surface area (Å²) in [6.45, 7) is 3.13. The second kappa shape index (κ2) is 8.53. The lowest BCUT2D eigenvalue weighted by Crippen LogP contribution is -2.52. The van der Waals surface area contributed by atoms with Crippen LogP contribution >= 0.6 is 11.8 Å². The first-order valence-electron chi connectivity index (χ1n) is 7.17. The summed E-state index contributed by atoms with van der Waals surface area (Å²) in [5.74, 6) is -0.868. The van der Waals surface area contributed by atoms with Gasteiger partial charge in [0.2, 0.25) is 5.91 Å². The zero-order chi connectivity index (χ0) is 18.3. The van der Waals surface area contributed by atoms with Crippen molar-refractivity contribution in [1.29, 1.82) is 0 Å². The highest BCUT2D eigenvalue weighted by Crippen LogP contribution is 2.29. The van der Waals surface area contributed by atoms with E-state index in [1.807, 2.05) is 0 Å². The Bertz CT molecular complexity index is 636. The van der Waals surface area contributed by atoms with E-state index in [-0.39, 0.29) is 23.6 Å². The number of rotatable bonds is 9. The highest BCUT2D eigenvalue weighted by molar-refractivity contribution is 7.99. The summed E-state index contributed by atoms with van der Waals surface area (Å²) in [7, 11) is 1.36. The summed E-state index contributed by atoms with van der Waals surface area (Å²) in [4.78, 5) is 33.5. The molecule has 1 aromatic rings. The van der Waals surface area contributed by atoms with Gasteiger partial charge in [-0.05, 0) is 25.0 Å². The van der Waals surface area contributed by atoms with E-state index in [9.17, 15) is 19.7 Å². The molecule has 8 nitrogen and oxygen atoms in total. The maximum Gasteiger partial charge on any atom is 0.329 e. The van der Waals surface area contributed by atoms with Crippen LogP contribution < -0.4 is 10.1 Å². The Morgan fingerprint density at radius 1 is 1.46 bits per heavy atom. The number of amides is 1. The van der Waals surface area contributed by atoms with Gasteiger partial charge in [-0.3, -0.25) is 14.9 Å². The molecule has 1 unspecified atom stereocenters. The molecule has 0 aromatic heterocycles. The second-order valence-corrected chi connectivity index (χ2v) is 6.28. The average molecular weight is 356 g/mol. The smallest absolute Gasteiger partial charge is 0.329 e. The van der Waals surface area contributed by atoms with Crippen molar-refractivity contribution in [3.8, 4) is 5.75 Å². The maximum atomic E-state index is 11.9. The van der Waals surface area contributed by atoms with Gasteiger partial charge in [-0.1, -0.05) is 13.0 Å². The molecule has 2 N–H and O–H groups in total. The Morgan fingerprint density at radius 3 is 2.62 bits per heavy atom. The standard InChI is InChI=1S/C15H20N2O6S/c1-4-15(2,14(19)20)16-13(18)9-24-8-10-5-6-12(23-3)11(7-10)17(21)22/h5-7H,4,8-9H2,1-3H3,(H,16,18)(H,19,20). The fourth-order valence-corrected chi connectivity index (χ4v) is 2.64. The summed E-state index contributed by atoms with van der Waals surface area (Å²) >= 11 is 1.24. The molecule has 0 heterocycles. The average Bonchev–Trinajstić information content (AvgIpc) is 2.54. The van der Waals surface area contributed by atoms with Gasteiger partial charge in [-0.15, -0.1) is 11.8 Å². The van der Waals surface area contributed by atoms with E-state index in [2.05, 4.69) is 5.32 Å². The molecule has 24 heavy (non-hydrogen) atoms. The van der Waals surface area contributed by atoms with Crippen LogP contribution in [0, 0.1) is 10.1 Å². The monoisotopic (exact) mass is 356 g/mol. The van der Waals surface area contributed by atoms with Crippen molar-refractivity contribution in [2.24, 2.45) is 0 Å². The molecule has 0 saturated heterocycles. The molecule has 0 bridgehead atoms. The highest BCUT2D eigenvalue weighted by Gasteiger charge is 2.32. The number of methoxy groups -OCH3 is 1. The van der Waals surface area contributed by atoms with Crippen LogP contribution in [-0.4, -0.2) is 40.3 Å². The molecule has 1 atom stereocenters. The van der Waals surface area contributed by atoms with Gasteiger partial charge < -0.3 is 15.2 Å². The van der Waals surface area contributed by atoms with E-state index < -0.39 is 22.3 Å². The van der Waals surface area contributed by atoms with Crippen LogP contribution in [0.3, 0.4) is 0 Å². The third-order valence-corrected chi connectivity index (χ3v) is 4.54. The number of hydrogen-bond donors (Lipinski definition) is 2. The lowest BCUT2D eigenvalue weighted by atomic mass is 9.99. The van der Waals surface area contributed by atoms with Gasteiger partial charge in [-0.25, -0.2) is 4.79 Å². The maximum absolute atomic E-state index is 11.9. The molecule has 1 rings (SSSR count). The van der Waals surface area contributed by atoms with Gasteiger partial charge in [0, 0.05) is 11.8 Å². The largest absolute Gasteiger partial charge is 0.490 e. The predicted molar refractivity (Wildman–Crippen MR) is 90.3 cm³/mol. The first-order valence-corrected chi connectivity index (χ1v) is 8.32. The van der Waals surface area contributed by atoms with Crippen molar-refractivity contribution in [3.63, 3.8) is 0 Å². The van der Waals surface area contributed by atoms with E-state index in [1.165, 1.54) is 37.9 Å². The summed E-state index contributed by atoms with van der Waals surface area (Å²) < 4.78 is 4.93. The van der Waals surface area contributed by atoms with E-state index >= 15 is 0 Å². The fourth-order valence-electron chi connectivity index (χ4n) is 1.87. The minimum Gasteiger partial charge on any atom is -0.490 e. The molecule has 0 fully saturated rings. The SMILES string of the molecule is CCC(C)(NC(=O)CSCc1ccc(OC)c([N+](=O)[O-])c1)C(=O)O. The van der Waals surface area contributed by atoms with Crippen LogP contribution in [0.25, 0.3) is 0 Å².